The molecule has 7 heteroatoms. The van der Waals surface area contributed by atoms with Crippen molar-refractivity contribution in [3.8, 4) is 0 Å². The van der Waals surface area contributed by atoms with E-state index in [1.165, 1.54) is 0 Å². The second-order valence-corrected chi connectivity index (χ2v) is 4.60. The molecule has 0 aliphatic carbocycles. The molecular formula is C13H26N6O. The van der Waals surface area contributed by atoms with Crippen molar-refractivity contribution < 1.29 is 4.74 Å². The minimum Gasteiger partial charge on any atom is -0.381 e. The van der Waals surface area contributed by atoms with Crippen molar-refractivity contribution in [3.05, 3.63) is 0 Å². The maximum absolute atomic E-state index is 5.43. The number of aromatic nitrogens is 3. The van der Waals surface area contributed by atoms with Crippen LogP contribution in [0.3, 0.4) is 0 Å². The van der Waals surface area contributed by atoms with E-state index < -0.39 is 0 Å². The van der Waals surface area contributed by atoms with Gasteiger partial charge in [0, 0.05) is 40.4 Å². The minimum absolute atomic E-state index is 0.593. The van der Waals surface area contributed by atoms with Gasteiger partial charge in [-0.2, -0.15) is 15.0 Å². The molecule has 0 saturated carbocycles. The molecule has 114 valence electrons. The third-order valence-electron chi connectivity index (χ3n) is 2.46. The first kappa shape index (κ1) is 16.4. The van der Waals surface area contributed by atoms with Gasteiger partial charge in [0.2, 0.25) is 17.8 Å². The maximum Gasteiger partial charge on any atom is 0.231 e. The van der Waals surface area contributed by atoms with E-state index in [4.69, 9.17) is 4.74 Å². The Kier molecular flexibility index (Phi) is 7.64. The Balaban J connectivity index is 2.50. The Labute approximate surface area is 121 Å². The van der Waals surface area contributed by atoms with E-state index in [0.29, 0.717) is 17.8 Å². The lowest BCUT2D eigenvalue weighted by Gasteiger charge is -2.13. The molecule has 0 saturated heterocycles. The minimum atomic E-state index is 0.593. The summed E-state index contributed by atoms with van der Waals surface area (Å²) in [6.45, 7) is 7.26. The molecule has 0 unspecified atom stereocenters. The summed E-state index contributed by atoms with van der Waals surface area (Å²) in [5.74, 6) is 1.83. The fourth-order valence-corrected chi connectivity index (χ4v) is 1.50. The zero-order valence-electron chi connectivity index (χ0n) is 12.9. The van der Waals surface area contributed by atoms with Crippen molar-refractivity contribution in [2.24, 2.45) is 0 Å². The normalized spacial score (nSPS) is 10.4. The molecule has 0 amide bonds. The van der Waals surface area contributed by atoms with Crippen LogP contribution in [0.4, 0.5) is 17.8 Å². The third-order valence-corrected chi connectivity index (χ3v) is 2.46. The summed E-state index contributed by atoms with van der Waals surface area (Å²) < 4.78 is 5.43. The van der Waals surface area contributed by atoms with Gasteiger partial charge in [-0.3, -0.25) is 0 Å². The van der Waals surface area contributed by atoms with Gasteiger partial charge in [-0.25, -0.2) is 0 Å². The van der Waals surface area contributed by atoms with Crippen molar-refractivity contribution >= 4 is 17.8 Å². The molecular weight excluding hydrogens is 256 g/mol. The van der Waals surface area contributed by atoms with Crippen molar-refractivity contribution in [1.82, 2.24) is 15.0 Å². The quantitative estimate of drug-likeness (QED) is 0.631. The van der Waals surface area contributed by atoms with Gasteiger partial charge in [0.05, 0.1) is 0 Å². The highest BCUT2D eigenvalue weighted by atomic mass is 16.5. The monoisotopic (exact) mass is 282 g/mol. The number of nitrogens with zero attached hydrogens (tertiary/aromatic N) is 4. The molecule has 0 radical (unpaired) electrons. The number of ether oxygens (including phenoxy) is 1. The van der Waals surface area contributed by atoms with Crippen LogP contribution in [0, 0.1) is 0 Å². The van der Waals surface area contributed by atoms with Crippen molar-refractivity contribution in [1.29, 1.82) is 0 Å². The predicted octanol–water partition coefficient (Wildman–Crippen LogP) is 1.60. The van der Waals surface area contributed by atoms with E-state index in [-0.39, 0.29) is 0 Å². The molecule has 1 aromatic rings. The van der Waals surface area contributed by atoms with E-state index in [1.54, 1.807) is 0 Å². The van der Waals surface area contributed by atoms with Crippen LogP contribution in [-0.4, -0.2) is 55.4 Å². The number of nitrogens with one attached hydrogen (secondary N) is 2. The van der Waals surface area contributed by atoms with E-state index in [1.807, 2.05) is 25.9 Å². The highest BCUT2D eigenvalue weighted by Gasteiger charge is 2.07. The van der Waals surface area contributed by atoms with Crippen molar-refractivity contribution in [2.75, 3.05) is 55.9 Å². The van der Waals surface area contributed by atoms with E-state index in [2.05, 4.69) is 32.5 Å². The standard InChI is InChI=1S/C13H26N6O/c1-5-9-20-10-7-8-15-12-16-11(14-6-2)17-13(18-12)19(3)4/h5-10H2,1-4H3,(H2,14,15,16,17,18). The van der Waals surface area contributed by atoms with Crippen LogP contribution in [0.5, 0.6) is 0 Å². The number of anilines is 3. The highest BCUT2D eigenvalue weighted by molar-refractivity contribution is 5.42. The van der Waals surface area contributed by atoms with Crippen LogP contribution >= 0.6 is 0 Å². The Morgan fingerprint density at radius 3 is 2.30 bits per heavy atom. The van der Waals surface area contributed by atoms with Crippen molar-refractivity contribution in [2.45, 2.75) is 26.7 Å². The third kappa shape index (κ3) is 6.01. The van der Waals surface area contributed by atoms with Crippen LogP contribution in [0.15, 0.2) is 0 Å². The summed E-state index contributed by atoms with van der Waals surface area (Å²) in [6.07, 6.45) is 1.98. The second kappa shape index (κ2) is 9.30. The van der Waals surface area contributed by atoms with Crippen LogP contribution in [-0.2, 0) is 4.74 Å². The Bertz CT molecular complexity index is 385. The Hall–Kier alpha value is -1.63. The van der Waals surface area contributed by atoms with Gasteiger partial charge in [0.15, 0.2) is 0 Å². The molecule has 0 spiro atoms. The van der Waals surface area contributed by atoms with Crippen LogP contribution in [0.1, 0.15) is 26.7 Å². The SMILES string of the molecule is CCCOCCCNc1nc(NCC)nc(N(C)C)n1. The highest BCUT2D eigenvalue weighted by Crippen LogP contribution is 2.11. The second-order valence-electron chi connectivity index (χ2n) is 4.60. The molecule has 0 bridgehead atoms. The molecule has 0 atom stereocenters. The lowest BCUT2D eigenvalue weighted by Crippen LogP contribution is -2.17. The van der Waals surface area contributed by atoms with Gasteiger partial charge in [-0.1, -0.05) is 6.92 Å². The maximum atomic E-state index is 5.43. The largest absolute Gasteiger partial charge is 0.381 e. The molecule has 1 aromatic heterocycles. The van der Waals surface area contributed by atoms with Gasteiger partial charge in [0.1, 0.15) is 0 Å². The van der Waals surface area contributed by atoms with E-state index in [0.717, 1.165) is 39.1 Å². The summed E-state index contributed by atoms with van der Waals surface area (Å²) in [7, 11) is 3.82. The molecule has 0 aliphatic heterocycles. The van der Waals surface area contributed by atoms with Gasteiger partial charge in [-0.15, -0.1) is 0 Å². The fourth-order valence-electron chi connectivity index (χ4n) is 1.50. The average molecular weight is 282 g/mol. The predicted molar refractivity (Wildman–Crippen MR) is 82.5 cm³/mol. The smallest absolute Gasteiger partial charge is 0.231 e. The fraction of sp³-hybridized carbons (Fsp3) is 0.769. The number of rotatable bonds is 10. The molecule has 0 fully saturated rings. The molecule has 0 aliphatic rings. The molecule has 0 aromatic carbocycles. The molecule has 2 N–H and O–H groups in total. The Morgan fingerprint density at radius 2 is 1.70 bits per heavy atom. The molecule has 1 rings (SSSR count). The van der Waals surface area contributed by atoms with Crippen LogP contribution < -0.4 is 15.5 Å². The Morgan fingerprint density at radius 1 is 1.00 bits per heavy atom. The number of hydrogen-bond donors (Lipinski definition) is 2. The first-order valence-electron chi connectivity index (χ1n) is 7.16. The lowest BCUT2D eigenvalue weighted by molar-refractivity contribution is 0.134. The van der Waals surface area contributed by atoms with Gasteiger partial charge >= 0.3 is 0 Å². The van der Waals surface area contributed by atoms with E-state index >= 15 is 0 Å². The van der Waals surface area contributed by atoms with Crippen LogP contribution in [0.2, 0.25) is 0 Å². The molecule has 7 nitrogen and oxygen atoms in total. The average Bonchev–Trinajstić information content (AvgIpc) is 2.43. The summed E-state index contributed by atoms with van der Waals surface area (Å²) in [5.41, 5.74) is 0. The zero-order chi connectivity index (χ0) is 14.8. The van der Waals surface area contributed by atoms with Crippen LogP contribution in [0.25, 0.3) is 0 Å². The summed E-state index contributed by atoms with van der Waals surface area (Å²) in [6, 6.07) is 0. The first-order valence-corrected chi connectivity index (χ1v) is 7.16. The molecule has 1 heterocycles. The van der Waals surface area contributed by atoms with Gasteiger partial charge in [0.25, 0.3) is 0 Å². The summed E-state index contributed by atoms with van der Waals surface area (Å²) in [4.78, 5) is 14.9. The molecule has 20 heavy (non-hydrogen) atoms. The van der Waals surface area contributed by atoms with Crippen molar-refractivity contribution in [3.63, 3.8) is 0 Å². The zero-order valence-corrected chi connectivity index (χ0v) is 12.9. The topological polar surface area (TPSA) is 75.2 Å². The summed E-state index contributed by atoms with van der Waals surface area (Å²) in [5, 5.41) is 6.31. The number of hydrogen-bond acceptors (Lipinski definition) is 7. The van der Waals surface area contributed by atoms with Gasteiger partial charge < -0.3 is 20.3 Å². The van der Waals surface area contributed by atoms with E-state index in [9.17, 15) is 0 Å². The first-order chi connectivity index (χ1) is 9.67. The van der Waals surface area contributed by atoms with Gasteiger partial charge in [-0.05, 0) is 19.8 Å². The summed E-state index contributed by atoms with van der Waals surface area (Å²) >= 11 is 0. The lowest BCUT2D eigenvalue weighted by atomic mass is 10.4.